The second-order valence-corrected chi connectivity index (χ2v) is 7.39. The summed E-state index contributed by atoms with van der Waals surface area (Å²) in [5, 5.41) is 19.6. The summed E-state index contributed by atoms with van der Waals surface area (Å²) in [5.74, 6) is -2.25. The molecule has 9 heteroatoms. The summed E-state index contributed by atoms with van der Waals surface area (Å²) in [5.41, 5.74) is 0.318. The van der Waals surface area contributed by atoms with Gasteiger partial charge in [0.15, 0.2) is 0 Å². The zero-order chi connectivity index (χ0) is 16.5. The molecule has 1 heterocycles. The van der Waals surface area contributed by atoms with Crippen molar-refractivity contribution in [3.05, 3.63) is 39.9 Å². The van der Waals surface area contributed by atoms with E-state index >= 15 is 0 Å². The molecule has 0 spiro atoms. The molecule has 1 saturated heterocycles. The van der Waals surface area contributed by atoms with E-state index in [-0.39, 0.29) is 30.4 Å². The Morgan fingerprint density at radius 3 is 2.41 bits per heavy atom. The van der Waals surface area contributed by atoms with E-state index < -0.39 is 26.8 Å². The van der Waals surface area contributed by atoms with Gasteiger partial charge in [0.2, 0.25) is 10.0 Å². The van der Waals surface area contributed by atoms with Gasteiger partial charge in [0.25, 0.3) is 5.69 Å². The molecule has 120 valence electrons. The fourth-order valence-electron chi connectivity index (χ4n) is 2.49. The molecule has 0 aliphatic carbocycles. The number of benzene rings is 1. The van der Waals surface area contributed by atoms with E-state index in [9.17, 15) is 23.3 Å². The smallest absolute Gasteiger partial charge is 0.308 e. The van der Waals surface area contributed by atoms with Gasteiger partial charge in [-0.15, -0.1) is 0 Å². The van der Waals surface area contributed by atoms with E-state index in [0.29, 0.717) is 5.56 Å². The van der Waals surface area contributed by atoms with E-state index in [1.165, 1.54) is 28.6 Å². The van der Waals surface area contributed by atoms with Gasteiger partial charge in [-0.05, 0) is 11.5 Å². The summed E-state index contributed by atoms with van der Waals surface area (Å²) in [4.78, 5) is 21.1. The van der Waals surface area contributed by atoms with Crippen LogP contribution in [-0.2, 0) is 20.6 Å². The van der Waals surface area contributed by atoms with Crippen molar-refractivity contribution in [3.8, 4) is 0 Å². The fraction of sp³-hybridized carbons (Fsp3) is 0.462. The topological polar surface area (TPSA) is 118 Å². The van der Waals surface area contributed by atoms with Crippen LogP contribution in [0.15, 0.2) is 24.3 Å². The van der Waals surface area contributed by atoms with E-state index in [4.69, 9.17) is 5.11 Å². The molecule has 1 N–H and O–H groups in total. The van der Waals surface area contributed by atoms with Gasteiger partial charge < -0.3 is 5.11 Å². The monoisotopic (exact) mass is 328 g/mol. The number of nitro groups is 1. The number of sulfonamides is 1. The molecule has 0 unspecified atom stereocenters. The van der Waals surface area contributed by atoms with Crippen LogP contribution in [0, 0.1) is 22.0 Å². The minimum absolute atomic E-state index is 0.0359. The van der Waals surface area contributed by atoms with Crippen molar-refractivity contribution >= 4 is 21.7 Å². The van der Waals surface area contributed by atoms with Crippen molar-refractivity contribution in [2.75, 3.05) is 13.1 Å². The standard InChI is InChI=1S/C13H16N2O6S/c1-9-6-14(7-12(9)13(16)17)22(20,21)8-10-2-4-11(5-3-10)15(18)19/h2-5,9,12H,6-8H2,1H3,(H,16,17)/t9-,12-/m1/s1. The Labute approximate surface area is 127 Å². The van der Waals surface area contributed by atoms with Gasteiger partial charge in [-0.3, -0.25) is 14.9 Å². The summed E-state index contributed by atoms with van der Waals surface area (Å²) in [6.45, 7) is 1.85. The summed E-state index contributed by atoms with van der Waals surface area (Å²) >= 11 is 0. The predicted octanol–water partition coefficient (Wildman–Crippen LogP) is 1.08. The van der Waals surface area contributed by atoms with Crippen molar-refractivity contribution in [3.63, 3.8) is 0 Å². The maximum Gasteiger partial charge on any atom is 0.308 e. The van der Waals surface area contributed by atoms with Gasteiger partial charge in [-0.1, -0.05) is 19.1 Å². The van der Waals surface area contributed by atoms with E-state index in [0.717, 1.165) is 0 Å². The lowest BCUT2D eigenvalue weighted by Crippen LogP contribution is -2.31. The molecule has 2 rings (SSSR count). The van der Waals surface area contributed by atoms with Crippen LogP contribution in [0.4, 0.5) is 5.69 Å². The quantitative estimate of drug-likeness (QED) is 0.638. The molecule has 1 aliphatic rings. The third-order valence-corrected chi connectivity index (χ3v) is 5.57. The largest absolute Gasteiger partial charge is 0.481 e. The maximum atomic E-state index is 12.3. The molecule has 1 fully saturated rings. The predicted molar refractivity (Wildman–Crippen MR) is 77.6 cm³/mol. The second kappa shape index (κ2) is 6.01. The van der Waals surface area contributed by atoms with Gasteiger partial charge in [0.05, 0.1) is 16.6 Å². The molecule has 0 saturated carbocycles. The first-order valence-corrected chi connectivity index (χ1v) is 8.25. The summed E-state index contributed by atoms with van der Waals surface area (Å²) in [6.07, 6.45) is 0. The lowest BCUT2D eigenvalue weighted by atomic mass is 9.99. The van der Waals surface area contributed by atoms with Crippen molar-refractivity contribution in [1.82, 2.24) is 4.31 Å². The highest BCUT2D eigenvalue weighted by molar-refractivity contribution is 7.88. The number of carboxylic acid groups (broad SMARTS) is 1. The SMILES string of the molecule is C[C@@H]1CN(S(=O)(=O)Cc2ccc([N+](=O)[O-])cc2)C[C@H]1C(=O)O. The molecular formula is C13H16N2O6S. The van der Waals surface area contributed by atoms with Crippen LogP contribution in [0.3, 0.4) is 0 Å². The average molecular weight is 328 g/mol. The molecule has 22 heavy (non-hydrogen) atoms. The highest BCUT2D eigenvalue weighted by Crippen LogP contribution is 2.27. The summed E-state index contributed by atoms with van der Waals surface area (Å²) in [6, 6.07) is 5.28. The number of hydrogen-bond donors (Lipinski definition) is 1. The normalized spacial score (nSPS) is 22.6. The zero-order valence-corrected chi connectivity index (χ0v) is 12.7. The molecule has 8 nitrogen and oxygen atoms in total. The van der Waals surface area contributed by atoms with Crippen LogP contribution in [-0.4, -0.2) is 41.8 Å². The summed E-state index contributed by atoms with van der Waals surface area (Å²) < 4.78 is 25.8. The summed E-state index contributed by atoms with van der Waals surface area (Å²) in [7, 11) is -3.65. The molecule has 1 aliphatic heterocycles. The third-order valence-electron chi connectivity index (χ3n) is 3.79. The Kier molecular flexibility index (Phi) is 4.47. The highest BCUT2D eigenvalue weighted by atomic mass is 32.2. The fourth-order valence-corrected chi connectivity index (χ4v) is 4.13. The van der Waals surface area contributed by atoms with Crippen LogP contribution in [0.25, 0.3) is 0 Å². The van der Waals surface area contributed by atoms with Gasteiger partial charge in [-0.25, -0.2) is 12.7 Å². The molecule has 0 bridgehead atoms. The second-order valence-electron chi connectivity index (χ2n) is 5.42. The minimum Gasteiger partial charge on any atom is -0.481 e. The van der Waals surface area contributed by atoms with Crippen LogP contribution < -0.4 is 0 Å². The Bertz CT molecular complexity index is 685. The van der Waals surface area contributed by atoms with Crippen LogP contribution in [0.1, 0.15) is 12.5 Å². The molecule has 2 atom stereocenters. The van der Waals surface area contributed by atoms with Crippen molar-refractivity contribution in [2.24, 2.45) is 11.8 Å². The van der Waals surface area contributed by atoms with Crippen LogP contribution >= 0.6 is 0 Å². The van der Waals surface area contributed by atoms with E-state index in [2.05, 4.69) is 0 Å². The average Bonchev–Trinajstić information content (AvgIpc) is 2.82. The minimum atomic E-state index is -3.65. The van der Waals surface area contributed by atoms with Crippen LogP contribution in [0.2, 0.25) is 0 Å². The van der Waals surface area contributed by atoms with E-state index in [1.54, 1.807) is 6.92 Å². The van der Waals surface area contributed by atoms with Crippen molar-refractivity contribution in [1.29, 1.82) is 0 Å². The molecule has 0 aromatic heterocycles. The number of nitrogens with zero attached hydrogens (tertiary/aromatic N) is 2. The third kappa shape index (κ3) is 3.42. The lowest BCUT2D eigenvalue weighted by molar-refractivity contribution is -0.384. The number of nitro benzene ring substituents is 1. The highest BCUT2D eigenvalue weighted by Gasteiger charge is 2.39. The first-order chi connectivity index (χ1) is 10.2. The van der Waals surface area contributed by atoms with Crippen molar-refractivity contribution in [2.45, 2.75) is 12.7 Å². The maximum absolute atomic E-state index is 12.3. The Hall–Kier alpha value is -2.00. The Balaban J connectivity index is 2.11. The zero-order valence-electron chi connectivity index (χ0n) is 11.9. The van der Waals surface area contributed by atoms with E-state index in [1.807, 2.05) is 0 Å². The Morgan fingerprint density at radius 2 is 1.95 bits per heavy atom. The number of hydrogen-bond acceptors (Lipinski definition) is 5. The van der Waals surface area contributed by atoms with Gasteiger partial charge >= 0.3 is 5.97 Å². The number of carboxylic acids is 1. The van der Waals surface area contributed by atoms with Crippen LogP contribution in [0.5, 0.6) is 0 Å². The molecule has 0 radical (unpaired) electrons. The molecular weight excluding hydrogens is 312 g/mol. The number of non-ortho nitro benzene ring substituents is 1. The lowest BCUT2D eigenvalue weighted by Gasteiger charge is -2.16. The van der Waals surface area contributed by atoms with Gasteiger partial charge in [0.1, 0.15) is 0 Å². The molecule has 0 amide bonds. The van der Waals surface area contributed by atoms with Crippen molar-refractivity contribution < 1.29 is 23.2 Å². The first-order valence-electron chi connectivity index (χ1n) is 6.64. The Morgan fingerprint density at radius 1 is 1.36 bits per heavy atom. The number of rotatable bonds is 5. The number of aliphatic carboxylic acids is 1. The first kappa shape index (κ1) is 16.4. The van der Waals surface area contributed by atoms with Gasteiger partial charge in [-0.2, -0.15) is 0 Å². The molecule has 1 aromatic carbocycles. The molecule has 1 aromatic rings. The van der Waals surface area contributed by atoms with Gasteiger partial charge in [0, 0.05) is 25.2 Å². The number of carbonyl (C=O) groups is 1.